The van der Waals surface area contributed by atoms with Gasteiger partial charge in [0.15, 0.2) is 0 Å². The number of nitrogens with zero attached hydrogens (tertiary/aromatic N) is 2. The average molecular weight is 356 g/mol. The minimum Gasteiger partial charge on any atom is -0.368 e. The minimum atomic E-state index is 0. The van der Waals surface area contributed by atoms with E-state index < -0.39 is 0 Å². The van der Waals surface area contributed by atoms with Crippen molar-refractivity contribution >= 4 is 47.0 Å². The highest BCUT2D eigenvalue weighted by Crippen LogP contribution is 2.30. The normalized spacial score (nSPS) is 17.1. The van der Waals surface area contributed by atoms with Crippen molar-refractivity contribution in [2.45, 2.75) is 6.04 Å². The number of benzodiazepines with no additional fused rings is 1. The van der Waals surface area contributed by atoms with Crippen molar-refractivity contribution in [3.63, 3.8) is 0 Å². The Morgan fingerprint density at radius 2 is 1.91 bits per heavy atom. The van der Waals surface area contributed by atoms with Gasteiger partial charge in [0.2, 0.25) is 0 Å². The molecule has 0 spiro atoms. The van der Waals surface area contributed by atoms with Crippen LogP contribution < -0.4 is 4.90 Å². The summed E-state index contributed by atoms with van der Waals surface area (Å²) in [6.45, 7) is 0.677. The van der Waals surface area contributed by atoms with Crippen LogP contribution >= 0.6 is 35.6 Å². The molecule has 5 heteroatoms. The van der Waals surface area contributed by atoms with Crippen molar-refractivity contribution in [1.82, 2.24) is 0 Å². The van der Waals surface area contributed by atoms with E-state index in [2.05, 4.69) is 24.1 Å². The molecule has 0 aliphatic carbocycles. The molecule has 0 fully saturated rings. The number of anilines is 1. The smallest absolute Gasteiger partial charge is 0.0741 e. The summed E-state index contributed by atoms with van der Waals surface area (Å²) >= 11 is 12.3. The van der Waals surface area contributed by atoms with Gasteiger partial charge >= 0.3 is 0 Å². The lowest BCUT2D eigenvalue weighted by Crippen LogP contribution is -2.35. The van der Waals surface area contributed by atoms with Gasteiger partial charge in [0.25, 0.3) is 0 Å². The molecule has 0 N–H and O–H groups in total. The molecule has 3 rings (SSSR count). The number of hydrogen-bond donors (Lipinski definition) is 0. The number of rotatable bonds is 2. The Labute approximate surface area is 147 Å². The van der Waals surface area contributed by atoms with Crippen molar-refractivity contribution in [2.75, 3.05) is 24.4 Å². The summed E-state index contributed by atoms with van der Waals surface area (Å²) in [6.07, 6.45) is 0. The molecule has 0 saturated carbocycles. The van der Waals surface area contributed by atoms with Gasteiger partial charge in [-0.2, -0.15) is 0 Å². The van der Waals surface area contributed by atoms with Gasteiger partial charge in [-0.3, -0.25) is 4.99 Å². The zero-order chi connectivity index (χ0) is 14.8. The fourth-order valence-electron chi connectivity index (χ4n) is 2.60. The second-order valence-electron chi connectivity index (χ2n) is 5.14. The third-order valence-corrected chi connectivity index (χ3v) is 4.42. The molecule has 2 nitrogen and oxygen atoms in total. The predicted octanol–water partition coefficient (Wildman–Crippen LogP) is 4.66. The molecule has 0 bridgehead atoms. The molecule has 2 aromatic carbocycles. The average Bonchev–Trinajstić information content (AvgIpc) is 2.65. The molecule has 22 heavy (non-hydrogen) atoms. The van der Waals surface area contributed by atoms with Crippen molar-refractivity contribution in [2.24, 2.45) is 4.99 Å². The van der Waals surface area contributed by atoms with Crippen LogP contribution in [0.15, 0.2) is 53.5 Å². The van der Waals surface area contributed by atoms with Crippen LogP contribution in [0.4, 0.5) is 5.69 Å². The van der Waals surface area contributed by atoms with Crippen LogP contribution in [0.2, 0.25) is 5.02 Å². The van der Waals surface area contributed by atoms with E-state index >= 15 is 0 Å². The number of likely N-dealkylation sites (N-methyl/N-ethyl adjacent to an activating group) is 1. The molecular formula is C17H17Cl3N2. The van der Waals surface area contributed by atoms with Gasteiger partial charge < -0.3 is 4.90 Å². The summed E-state index contributed by atoms with van der Waals surface area (Å²) < 4.78 is 0. The van der Waals surface area contributed by atoms with Crippen LogP contribution in [0, 0.1) is 0 Å². The summed E-state index contributed by atoms with van der Waals surface area (Å²) in [5.74, 6) is 0.546. The summed E-state index contributed by atoms with van der Waals surface area (Å²) in [7, 11) is 2.06. The Morgan fingerprint density at radius 1 is 1.18 bits per heavy atom. The highest BCUT2D eigenvalue weighted by atomic mass is 35.5. The highest BCUT2D eigenvalue weighted by Gasteiger charge is 2.23. The summed E-state index contributed by atoms with van der Waals surface area (Å²) in [5, 5.41) is 0.718. The molecule has 1 heterocycles. The zero-order valence-corrected chi connectivity index (χ0v) is 14.5. The van der Waals surface area contributed by atoms with Gasteiger partial charge in [0.1, 0.15) is 0 Å². The molecule has 0 saturated heterocycles. The molecule has 1 aliphatic heterocycles. The minimum absolute atomic E-state index is 0. The maximum absolute atomic E-state index is 6.20. The van der Waals surface area contributed by atoms with Crippen molar-refractivity contribution in [1.29, 1.82) is 0 Å². The fraction of sp³-hybridized carbons (Fsp3) is 0.235. The SMILES string of the molecule is CN1c2ccc(Cl)cc2C(c2ccccc2)=NCC1CCl.Cl. The van der Waals surface area contributed by atoms with E-state index in [1.54, 1.807) is 0 Å². The first kappa shape index (κ1) is 17.1. The molecule has 2 aromatic rings. The Bertz CT molecular complexity index is 671. The lowest BCUT2D eigenvalue weighted by atomic mass is 10.0. The van der Waals surface area contributed by atoms with Crippen LogP contribution in [0.3, 0.4) is 0 Å². The van der Waals surface area contributed by atoms with Crippen LogP contribution in [0.5, 0.6) is 0 Å². The fourth-order valence-corrected chi connectivity index (χ4v) is 3.08. The molecule has 0 amide bonds. The van der Waals surface area contributed by atoms with Crippen LogP contribution in [-0.4, -0.2) is 31.2 Å². The van der Waals surface area contributed by atoms with Crippen LogP contribution in [-0.2, 0) is 0 Å². The van der Waals surface area contributed by atoms with Gasteiger partial charge in [-0.25, -0.2) is 0 Å². The van der Waals surface area contributed by atoms with E-state index in [0.29, 0.717) is 12.4 Å². The van der Waals surface area contributed by atoms with E-state index in [0.717, 1.165) is 27.5 Å². The molecule has 0 aromatic heterocycles. The number of benzene rings is 2. The second kappa shape index (κ2) is 7.36. The van der Waals surface area contributed by atoms with Gasteiger partial charge in [0, 0.05) is 34.8 Å². The Hall–Kier alpha value is -1.22. The van der Waals surface area contributed by atoms with E-state index in [-0.39, 0.29) is 18.4 Å². The quantitative estimate of drug-likeness (QED) is 0.716. The van der Waals surface area contributed by atoms with Crippen molar-refractivity contribution in [3.05, 3.63) is 64.7 Å². The molecular weight excluding hydrogens is 339 g/mol. The van der Waals surface area contributed by atoms with Crippen molar-refractivity contribution in [3.8, 4) is 0 Å². The van der Waals surface area contributed by atoms with Crippen LogP contribution in [0.25, 0.3) is 0 Å². The number of fused-ring (bicyclic) bond motifs is 1. The maximum atomic E-state index is 6.20. The predicted molar refractivity (Wildman–Crippen MR) is 98.6 cm³/mol. The van der Waals surface area contributed by atoms with Gasteiger partial charge in [0.05, 0.1) is 18.3 Å². The van der Waals surface area contributed by atoms with Crippen LogP contribution in [0.1, 0.15) is 11.1 Å². The topological polar surface area (TPSA) is 15.6 Å². The maximum Gasteiger partial charge on any atom is 0.0741 e. The van der Waals surface area contributed by atoms with E-state index in [1.165, 1.54) is 0 Å². The lowest BCUT2D eigenvalue weighted by molar-refractivity contribution is 0.708. The van der Waals surface area contributed by atoms with E-state index in [9.17, 15) is 0 Å². The van der Waals surface area contributed by atoms with E-state index in [1.807, 2.05) is 36.4 Å². The van der Waals surface area contributed by atoms with Gasteiger partial charge in [-0.15, -0.1) is 24.0 Å². The molecule has 1 unspecified atom stereocenters. The zero-order valence-electron chi connectivity index (χ0n) is 12.2. The summed E-state index contributed by atoms with van der Waals surface area (Å²) in [5.41, 5.74) is 4.26. The standard InChI is InChI=1S/C17H16Cl2N2.ClH/c1-21-14(10-18)11-20-17(12-5-3-2-4-6-12)15-9-13(19)7-8-16(15)21;/h2-9,14H,10-11H2,1H3;1H. The van der Waals surface area contributed by atoms with Gasteiger partial charge in [-0.05, 0) is 18.2 Å². The first-order valence-electron chi connectivity index (χ1n) is 6.89. The lowest BCUT2D eigenvalue weighted by Gasteiger charge is -2.27. The number of hydrogen-bond acceptors (Lipinski definition) is 2. The first-order valence-corrected chi connectivity index (χ1v) is 7.80. The summed E-state index contributed by atoms with van der Waals surface area (Å²) in [6, 6.07) is 16.3. The monoisotopic (exact) mass is 354 g/mol. The summed E-state index contributed by atoms with van der Waals surface area (Å²) in [4.78, 5) is 7.00. The largest absolute Gasteiger partial charge is 0.368 e. The third kappa shape index (κ3) is 3.24. The first-order chi connectivity index (χ1) is 10.2. The van der Waals surface area contributed by atoms with E-state index in [4.69, 9.17) is 28.2 Å². The van der Waals surface area contributed by atoms with Gasteiger partial charge in [-0.1, -0.05) is 41.9 Å². The number of aliphatic imine (C=N–C) groups is 1. The Balaban J connectivity index is 0.00000176. The number of halogens is 3. The molecule has 116 valence electrons. The second-order valence-corrected chi connectivity index (χ2v) is 5.88. The van der Waals surface area contributed by atoms with Crippen molar-refractivity contribution < 1.29 is 0 Å². The molecule has 1 atom stereocenters. The third-order valence-electron chi connectivity index (χ3n) is 3.83. The Morgan fingerprint density at radius 3 is 2.59 bits per heavy atom. The molecule has 1 aliphatic rings. The number of alkyl halides is 1. The highest BCUT2D eigenvalue weighted by molar-refractivity contribution is 6.31. The Kier molecular flexibility index (Phi) is 5.74. The molecule has 0 radical (unpaired) electrons.